The molecule has 1 saturated heterocycles. The lowest BCUT2D eigenvalue weighted by molar-refractivity contribution is -0.131. The van der Waals surface area contributed by atoms with Crippen molar-refractivity contribution in [3.05, 3.63) is 141 Å². The average Bonchev–Trinajstić information content (AvgIpc) is 3.21. The maximum atomic E-state index is 14.3. The number of benzene rings is 4. The molecule has 6 nitrogen and oxygen atoms in total. The Bertz CT molecular complexity index is 1810. The zero-order chi connectivity index (χ0) is 33.4. The Balaban J connectivity index is 1.20. The molecule has 1 unspecified atom stereocenters. The Morgan fingerprint density at radius 3 is 2.08 bits per heavy atom. The van der Waals surface area contributed by atoms with Crippen LogP contribution in [-0.4, -0.2) is 54.2 Å². The third-order valence-corrected chi connectivity index (χ3v) is 10.6. The van der Waals surface area contributed by atoms with Crippen LogP contribution in [0.3, 0.4) is 0 Å². The Kier molecular flexibility index (Phi) is 9.08. The first-order valence-electron chi connectivity index (χ1n) is 16.6. The van der Waals surface area contributed by atoms with Gasteiger partial charge < -0.3 is 15.1 Å². The lowest BCUT2D eigenvalue weighted by Crippen LogP contribution is -2.52. The number of para-hydroxylation sites is 2. The van der Waals surface area contributed by atoms with Crippen LogP contribution in [0.5, 0.6) is 0 Å². The number of nitrogens with zero attached hydrogens (tertiary/aromatic N) is 3. The molecule has 1 N–H and O–H groups in total. The summed E-state index contributed by atoms with van der Waals surface area (Å²) in [5.74, 6) is 0.106. The van der Waals surface area contributed by atoms with Gasteiger partial charge in [-0.2, -0.15) is 0 Å². The van der Waals surface area contributed by atoms with Gasteiger partial charge in [0.15, 0.2) is 5.78 Å². The van der Waals surface area contributed by atoms with Crippen LogP contribution in [0.4, 0.5) is 11.4 Å². The maximum Gasteiger partial charge on any atom is 0.242 e. The van der Waals surface area contributed by atoms with Crippen LogP contribution >= 0.6 is 23.2 Å². The number of ketones is 1. The van der Waals surface area contributed by atoms with Crippen LogP contribution in [0.15, 0.2) is 114 Å². The van der Waals surface area contributed by atoms with E-state index in [0.29, 0.717) is 41.5 Å². The van der Waals surface area contributed by atoms with Crippen LogP contribution in [0.2, 0.25) is 10.0 Å². The minimum Gasteiger partial charge on any atom is -0.357 e. The Hall–Kier alpha value is -4.10. The number of piperazine rings is 1. The van der Waals surface area contributed by atoms with E-state index < -0.39 is 6.04 Å². The van der Waals surface area contributed by atoms with Crippen molar-refractivity contribution in [2.75, 3.05) is 42.9 Å². The van der Waals surface area contributed by atoms with Crippen LogP contribution < -0.4 is 10.2 Å². The fourth-order valence-corrected chi connectivity index (χ4v) is 7.92. The van der Waals surface area contributed by atoms with Crippen LogP contribution in [0.1, 0.15) is 55.5 Å². The molecule has 1 atom stereocenters. The first kappa shape index (κ1) is 32.4. The summed E-state index contributed by atoms with van der Waals surface area (Å²) < 4.78 is 0. The van der Waals surface area contributed by atoms with Gasteiger partial charge in [0.2, 0.25) is 5.91 Å². The summed E-state index contributed by atoms with van der Waals surface area (Å²) in [6.07, 6.45) is 1.14. The van der Waals surface area contributed by atoms with Gasteiger partial charge in [0, 0.05) is 43.9 Å². The summed E-state index contributed by atoms with van der Waals surface area (Å²) >= 11 is 13.0. The maximum absolute atomic E-state index is 14.3. The fraction of sp³-hybridized carbons (Fsp3) is 0.300. The predicted molar refractivity (Wildman–Crippen MR) is 195 cm³/mol. The van der Waals surface area contributed by atoms with E-state index in [2.05, 4.69) is 77.5 Å². The van der Waals surface area contributed by atoms with E-state index in [4.69, 9.17) is 23.2 Å². The second-order valence-electron chi connectivity index (χ2n) is 13.8. The Labute approximate surface area is 292 Å². The summed E-state index contributed by atoms with van der Waals surface area (Å²) in [6, 6.07) is 34.3. The fourth-order valence-electron chi connectivity index (χ4n) is 7.62. The summed E-state index contributed by atoms with van der Waals surface area (Å²) in [7, 11) is 0. The van der Waals surface area contributed by atoms with Gasteiger partial charge in [0.05, 0.1) is 40.0 Å². The second kappa shape index (κ2) is 13.4. The summed E-state index contributed by atoms with van der Waals surface area (Å²) in [4.78, 5) is 34.9. The number of halogens is 2. The number of nitrogens with one attached hydrogen (secondary N) is 1. The molecule has 4 aromatic carbocycles. The molecule has 0 saturated carbocycles. The lowest BCUT2D eigenvalue weighted by Gasteiger charge is -2.41. The van der Waals surface area contributed by atoms with E-state index >= 15 is 0 Å². The van der Waals surface area contributed by atoms with Gasteiger partial charge in [-0.15, -0.1) is 0 Å². The first-order chi connectivity index (χ1) is 23.2. The average molecular weight is 680 g/mol. The highest BCUT2D eigenvalue weighted by Gasteiger charge is 2.42. The molecule has 4 aromatic rings. The largest absolute Gasteiger partial charge is 0.357 e. The van der Waals surface area contributed by atoms with Crippen molar-refractivity contribution < 1.29 is 9.59 Å². The van der Waals surface area contributed by atoms with Crippen LogP contribution in [0, 0.1) is 5.41 Å². The van der Waals surface area contributed by atoms with E-state index in [1.54, 1.807) is 6.07 Å². The Morgan fingerprint density at radius 1 is 0.812 bits per heavy atom. The topological polar surface area (TPSA) is 55.9 Å². The molecule has 1 fully saturated rings. The van der Waals surface area contributed by atoms with Gasteiger partial charge in [-0.05, 0) is 52.8 Å². The van der Waals surface area contributed by atoms with Crippen LogP contribution in [0.25, 0.3) is 0 Å². The molecule has 246 valence electrons. The van der Waals surface area contributed by atoms with Gasteiger partial charge in [0.25, 0.3) is 0 Å². The highest BCUT2D eigenvalue weighted by atomic mass is 35.5. The number of Topliss-reactive ketones (excluding diaryl/α,β-unsaturated/α-hetero) is 1. The molecular formula is C40H40Cl2N4O2. The van der Waals surface area contributed by atoms with E-state index in [0.717, 1.165) is 35.7 Å². The van der Waals surface area contributed by atoms with Crippen molar-refractivity contribution in [1.82, 2.24) is 9.80 Å². The molecule has 2 heterocycles. The predicted octanol–water partition coefficient (Wildman–Crippen LogP) is 8.54. The highest BCUT2D eigenvalue weighted by Crippen LogP contribution is 2.48. The molecule has 1 amide bonds. The zero-order valence-electron chi connectivity index (χ0n) is 27.3. The first-order valence-corrected chi connectivity index (χ1v) is 17.4. The van der Waals surface area contributed by atoms with E-state index in [-0.39, 0.29) is 29.7 Å². The SMILES string of the molecule is CC1(C)CC(=O)C2=C(C1)Nc1ccccc1N(CC(=O)N1CCN(C(c3ccccc3)c3ccccc3)CC1)C2c1ccc(Cl)c(Cl)c1. The highest BCUT2D eigenvalue weighted by molar-refractivity contribution is 6.42. The van der Waals surface area contributed by atoms with Gasteiger partial charge in [-0.25, -0.2) is 0 Å². The summed E-state index contributed by atoms with van der Waals surface area (Å²) in [5, 5.41) is 4.49. The minimum absolute atomic E-state index is 0.0260. The number of carbonyl (C=O) groups excluding carboxylic acids is 2. The van der Waals surface area contributed by atoms with Crippen molar-refractivity contribution in [2.24, 2.45) is 5.41 Å². The van der Waals surface area contributed by atoms with E-state index in [1.807, 2.05) is 53.4 Å². The van der Waals surface area contributed by atoms with E-state index in [1.165, 1.54) is 11.1 Å². The Morgan fingerprint density at radius 2 is 1.44 bits per heavy atom. The molecule has 7 rings (SSSR count). The molecular weight excluding hydrogens is 639 g/mol. The van der Waals surface area contributed by atoms with Crippen molar-refractivity contribution in [1.29, 1.82) is 0 Å². The third-order valence-electron chi connectivity index (χ3n) is 9.83. The number of carbonyl (C=O) groups is 2. The standard InChI is InChI=1S/C40H40Cl2N4O2/c1-40(2)24-33-37(35(47)25-40)39(29-17-18-30(41)31(42)23-29)46(34-16-10-9-15-32(34)43-33)26-36(48)44-19-21-45(22-20-44)38(27-11-5-3-6-12-27)28-13-7-4-8-14-28/h3-18,23,38-39,43H,19-22,24-26H2,1-2H3. The van der Waals surface area contributed by atoms with Gasteiger partial charge in [-0.3, -0.25) is 14.5 Å². The molecule has 8 heteroatoms. The van der Waals surface area contributed by atoms with Crippen LogP contribution in [-0.2, 0) is 9.59 Å². The number of allylic oxidation sites excluding steroid dienone is 1. The number of hydrogen-bond acceptors (Lipinski definition) is 5. The zero-order valence-corrected chi connectivity index (χ0v) is 28.8. The van der Waals surface area contributed by atoms with Gasteiger partial charge >= 0.3 is 0 Å². The van der Waals surface area contributed by atoms with Crippen molar-refractivity contribution >= 4 is 46.3 Å². The number of rotatable bonds is 6. The molecule has 0 aromatic heterocycles. The smallest absolute Gasteiger partial charge is 0.242 e. The van der Waals surface area contributed by atoms with Crippen molar-refractivity contribution in [3.63, 3.8) is 0 Å². The van der Waals surface area contributed by atoms with Gasteiger partial charge in [-0.1, -0.05) is 116 Å². The van der Waals surface area contributed by atoms with E-state index in [9.17, 15) is 9.59 Å². The molecule has 1 aliphatic carbocycles. The molecule has 2 aliphatic heterocycles. The minimum atomic E-state index is -0.514. The molecule has 0 radical (unpaired) electrons. The van der Waals surface area contributed by atoms with Gasteiger partial charge in [0.1, 0.15) is 0 Å². The van der Waals surface area contributed by atoms with Crippen molar-refractivity contribution in [3.8, 4) is 0 Å². The number of amides is 1. The summed E-state index contributed by atoms with van der Waals surface area (Å²) in [6.45, 7) is 7.08. The monoisotopic (exact) mass is 678 g/mol. The molecule has 0 bridgehead atoms. The normalized spacial score (nSPS) is 19.4. The lowest BCUT2D eigenvalue weighted by atomic mass is 9.73. The molecule has 48 heavy (non-hydrogen) atoms. The quantitative estimate of drug-likeness (QED) is 0.222. The molecule has 0 spiro atoms. The number of hydrogen-bond donors (Lipinski definition) is 1. The molecule has 3 aliphatic rings. The summed E-state index contributed by atoms with van der Waals surface area (Å²) in [5.41, 5.74) is 6.46. The number of fused-ring (bicyclic) bond motifs is 1. The number of anilines is 2. The second-order valence-corrected chi connectivity index (χ2v) is 14.6. The van der Waals surface area contributed by atoms with Crippen molar-refractivity contribution in [2.45, 2.75) is 38.8 Å². The third kappa shape index (κ3) is 6.49.